The Morgan fingerprint density at radius 3 is 2.42 bits per heavy atom. The monoisotopic (exact) mass is 625 g/mol. The fourth-order valence-electron chi connectivity index (χ4n) is 4.25. The predicted octanol–water partition coefficient (Wildman–Crippen LogP) is 7.81. The van der Waals surface area contributed by atoms with Crippen molar-refractivity contribution in [2.24, 2.45) is 15.4 Å². The molecule has 244 valence electrons. The molecule has 0 bridgehead atoms. The minimum absolute atomic E-state index is 0.0243. The highest BCUT2D eigenvalue weighted by atomic mass is 19.2. The molecule has 1 aromatic carbocycles. The number of allylic oxidation sites excluding steroid dienone is 9. The number of hydrogen-bond acceptors (Lipinski definition) is 5. The van der Waals surface area contributed by atoms with Gasteiger partial charge in [-0.1, -0.05) is 63.8 Å². The van der Waals surface area contributed by atoms with E-state index in [9.17, 15) is 23.1 Å². The Morgan fingerprint density at radius 1 is 1.18 bits per heavy atom. The van der Waals surface area contributed by atoms with Gasteiger partial charge >= 0.3 is 6.03 Å². The van der Waals surface area contributed by atoms with E-state index >= 15 is 0 Å². The van der Waals surface area contributed by atoms with Crippen LogP contribution in [0.1, 0.15) is 53.5 Å². The summed E-state index contributed by atoms with van der Waals surface area (Å²) in [5.41, 5.74) is 2.21. The third-order valence-corrected chi connectivity index (χ3v) is 7.45. The van der Waals surface area contributed by atoms with E-state index < -0.39 is 29.5 Å². The largest absolute Gasteiger partial charge is 0.511 e. The number of urea groups is 1. The van der Waals surface area contributed by atoms with E-state index in [0.29, 0.717) is 5.71 Å². The molecule has 2 atom stereocenters. The zero-order valence-corrected chi connectivity index (χ0v) is 27.3. The Hall–Kier alpha value is -4.18. The van der Waals surface area contributed by atoms with E-state index in [4.69, 9.17) is 0 Å². The van der Waals surface area contributed by atoms with E-state index in [1.54, 1.807) is 32.5 Å². The van der Waals surface area contributed by atoms with Gasteiger partial charge in [0.1, 0.15) is 5.76 Å². The normalized spacial score (nSPS) is 17.6. The molecule has 0 fully saturated rings. The van der Waals surface area contributed by atoms with Crippen molar-refractivity contribution in [3.8, 4) is 0 Å². The summed E-state index contributed by atoms with van der Waals surface area (Å²) in [6.45, 7) is 15.2. The van der Waals surface area contributed by atoms with Gasteiger partial charge in [0.2, 0.25) is 0 Å². The molecule has 0 saturated heterocycles. The van der Waals surface area contributed by atoms with Crippen molar-refractivity contribution in [3.63, 3.8) is 0 Å². The smallest absolute Gasteiger partial charge is 0.321 e. The Balaban J connectivity index is 2.26. The van der Waals surface area contributed by atoms with Crippen LogP contribution in [-0.4, -0.2) is 65.2 Å². The average molecular weight is 626 g/mol. The first-order chi connectivity index (χ1) is 21.2. The highest BCUT2D eigenvalue weighted by molar-refractivity contribution is 6.10. The van der Waals surface area contributed by atoms with Crippen LogP contribution in [0.4, 0.5) is 18.0 Å². The van der Waals surface area contributed by atoms with Crippen LogP contribution in [0.25, 0.3) is 0 Å². The highest BCUT2D eigenvalue weighted by Crippen LogP contribution is 2.31. The Morgan fingerprint density at radius 2 is 1.84 bits per heavy atom. The molecule has 0 aliphatic heterocycles. The van der Waals surface area contributed by atoms with Gasteiger partial charge in [-0.3, -0.25) is 15.3 Å². The Bertz CT molecular complexity index is 1400. The lowest BCUT2D eigenvalue weighted by molar-refractivity contribution is 0.152. The summed E-state index contributed by atoms with van der Waals surface area (Å²) in [4.78, 5) is 25.4. The first-order valence-electron chi connectivity index (χ1n) is 15.0. The fraction of sp³-hybridized carbons (Fsp3) is 0.400. The number of nitrogens with one attached hydrogen (secondary N) is 1. The van der Waals surface area contributed by atoms with Crippen LogP contribution in [0, 0.1) is 22.9 Å². The SMILES string of the molecule is C=CC(=C/C)/C(/C=C(/O)CNCN(Cc1cc(F)c(F)c(F)c1)C(=O)N(C)C(C)/C=N\C=C1\C=CC=CC1(C)C)=N\C(C)CC. The molecule has 7 nitrogen and oxygen atoms in total. The topological polar surface area (TPSA) is 80.5 Å². The van der Waals surface area contributed by atoms with Crippen molar-refractivity contribution >= 4 is 18.0 Å². The van der Waals surface area contributed by atoms with E-state index in [2.05, 4.69) is 41.8 Å². The number of carbonyl (C=O) groups excluding carboxylic acids is 1. The van der Waals surface area contributed by atoms with Crippen molar-refractivity contribution in [2.45, 2.75) is 66.6 Å². The molecule has 2 rings (SSSR count). The van der Waals surface area contributed by atoms with Crippen LogP contribution in [-0.2, 0) is 6.54 Å². The summed E-state index contributed by atoms with van der Waals surface area (Å²) in [5, 5.41) is 13.7. The molecule has 0 saturated carbocycles. The lowest BCUT2D eigenvalue weighted by Gasteiger charge is -2.31. The zero-order valence-electron chi connectivity index (χ0n) is 27.3. The Labute approximate surface area is 265 Å². The summed E-state index contributed by atoms with van der Waals surface area (Å²) < 4.78 is 41.6. The van der Waals surface area contributed by atoms with Gasteiger partial charge in [0, 0.05) is 43.5 Å². The molecule has 2 amide bonds. The Kier molecular flexibility index (Phi) is 14.3. The number of aliphatic imine (C=N–C) groups is 2. The first-order valence-corrected chi connectivity index (χ1v) is 15.0. The van der Waals surface area contributed by atoms with Gasteiger partial charge in [0.15, 0.2) is 17.5 Å². The fourth-order valence-corrected chi connectivity index (χ4v) is 4.25. The maximum absolute atomic E-state index is 14.0. The molecule has 0 aromatic heterocycles. The molecule has 10 heteroatoms. The minimum atomic E-state index is -1.58. The van der Waals surface area contributed by atoms with Crippen LogP contribution < -0.4 is 5.32 Å². The summed E-state index contributed by atoms with van der Waals surface area (Å²) in [6, 6.07) is 0.802. The molecule has 1 aliphatic carbocycles. The molecular formula is C35H46F3N5O2. The van der Waals surface area contributed by atoms with Crippen molar-refractivity contribution in [1.82, 2.24) is 15.1 Å². The van der Waals surface area contributed by atoms with Crippen LogP contribution in [0.3, 0.4) is 0 Å². The second kappa shape index (κ2) is 17.3. The van der Waals surface area contributed by atoms with E-state index in [1.807, 2.05) is 45.1 Å². The quantitative estimate of drug-likeness (QED) is 0.0728. The number of nitrogens with zero attached hydrogens (tertiary/aromatic N) is 4. The number of hydrogen-bond donors (Lipinski definition) is 2. The second-order valence-electron chi connectivity index (χ2n) is 11.5. The number of rotatable bonds is 14. The number of carbonyl (C=O) groups is 1. The number of aliphatic hydroxyl groups excluding tert-OH is 1. The van der Waals surface area contributed by atoms with Crippen molar-refractivity contribution < 1.29 is 23.1 Å². The summed E-state index contributed by atoms with van der Waals surface area (Å²) >= 11 is 0. The van der Waals surface area contributed by atoms with Crippen LogP contribution in [0.15, 0.2) is 94.3 Å². The molecule has 0 radical (unpaired) electrons. The van der Waals surface area contributed by atoms with Gasteiger partial charge in [-0.05, 0) is 56.0 Å². The van der Waals surface area contributed by atoms with E-state index in [0.717, 1.165) is 29.7 Å². The molecule has 1 aliphatic rings. The van der Waals surface area contributed by atoms with Gasteiger partial charge in [0.25, 0.3) is 0 Å². The maximum atomic E-state index is 14.0. The molecule has 2 unspecified atom stereocenters. The summed E-state index contributed by atoms with van der Waals surface area (Å²) in [5.74, 6) is -4.32. The lowest BCUT2D eigenvalue weighted by atomic mass is 9.82. The number of benzene rings is 1. The lowest BCUT2D eigenvalue weighted by Crippen LogP contribution is -2.48. The maximum Gasteiger partial charge on any atom is 0.321 e. The number of aliphatic hydroxyl groups is 1. The number of halogens is 3. The van der Waals surface area contributed by atoms with Crippen molar-refractivity contribution in [1.29, 1.82) is 0 Å². The third-order valence-electron chi connectivity index (χ3n) is 7.45. The first kappa shape index (κ1) is 37.0. The summed E-state index contributed by atoms with van der Waals surface area (Å²) in [6.07, 6.45) is 17.2. The van der Waals surface area contributed by atoms with Crippen molar-refractivity contribution in [2.75, 3.05) is 20.3 Å². The van der Waals surface area contributed by atoms with E-state index in [-0.39, 0.29) is 42.5 Å². The molecule has 45 heavy (non-hydrogen) atoms. The molecule has 0 spiro atoms. The predicted molar refractivity (Wildman–Crippen MR) is 178 cm³/mol. The molecule has 1 aromatic rings. The second-order valence-corrected chi connectivity index (χ2v) is 11.5. The van der Waals surface area contributed by atoms with Crippen LogP contribution >= 0.6 is 0 Å². The zero-order chi connectivity index (χ0) is 33.7. The van der Waals surface area contributed by atoms with E-state index in [1.165, 1.54) is 15.9 Å². The van der Waals surface area contributed by atoms with Crippen LogP contribution in [0.2, 0.25) is 0 Å². The average Bonchev–Trinajstić information content (AvgIpc) is 2.99. The van der Waals surface area contributed by atoms with Crippen molar-refractivity contribution in [3.05, 3.63) is 107 Å². The van der Waals surface area contributed by atoms with Gasteiger partial charge in [-0.2, -0.15) is 0 Å². The molecular weight excluding hydrogens is 579 g/mol. The molecule has 0 heterocycles. The summed E-state index contributed by atoms with van der Waals surface area (Å²) in [7, 11) is 1.58. The van der Waals surface area contributed by atoms with Gasteiger partial charge in [-0.15, -0.1) is 0 Å². The van der Waals surface area contributed by atoms with Gasteiger partial charge in [-0.25, -0.2) is 18.0 Å². The third kappa shape index (κ3) is 11.0. The van der Waals surface area contributed by atoms with Gasteiger partial charge in [0.05, 0.1) is 25.0 Å². The highest BCUT2D eigenvalue weighted by Gasteiger charge is 2.23. The van der Waals surface area contributed by atoms with Crippen LogP contribution in [0.5, 0.6) is 0 Å². The standard InChI is InChI=1S/C35H46F3N5O2/c1-9-24(4)41-32(27(10-2)11-3)18-29(44)21-40-23-43(22-26-16-30(36)33(38)31(37)17-26)34(45)42(8)25(5)19-39-20-28-14-12-13-15-35(28,6)7/h10-20,24-25,40,44H,2,9,21-23H2,1,3-8H3/b27-11-,28-20-,29-18+,39-19-,41-32-. The number of amides is 2. The molecule has 2 N–H and O–H groups in total. The van der Waals surface area contributed by atoms with Gasteiger partial charge < -0.3 is 14.9 Å². The minimum Gasteiger partial charge on any atom is -0.511 e.